The summed E-state index contributed by atoms with van der Waals surface area (Å²) in [7, 11) is 0. The number of aryl methyl sites for hydroxylation is 1. The van der Waals surface area contributed by atoms with Crippen LogP contribution in [0.5, 0.6) is 0 Å². The van der Waals surface area contributed by atoms with E-state index in [-0.39, 0.29) is 12.4 Å². The van der Waals surface area contributed by atoms with Gasteiger partial charge in [-0.1, -0.05) is 30.3 Å². The second-order valence-electron chi connectivity index (χ2n) is 4.13. The molecule has 1 N–H and O–H groups in total. The molecule has 0 aliphatic carbocycles. The third-order valence-electron chi connectivity index (χ3n) is 2.83. The fourth-order valence-corrected chi connectivity index (χ4v) is 1.97. The molecule has 0 spiro atoms. The van der Waals surface area contributed by atoms with E-state index in [1.54, 1.807) is 6.07 Å². The van der Waals surface area contributed by atoms with Crippen molar-refractivity contribution in [1.82, 2.24) is 0 Å². The summed E-state index contributed by atoms with van der Waals surface area (Å²) in [6, 6.07) is 12.8. The van der Waals surface area contributed by atoms with Crippen molar-refractivity contribution < 1.29 is 9.50 Å². The third-order valence-corrected chi connectivity index (χ3v) is 2.83. The van der Waals surface area contributed by atoms with E-state index in [1.807, 2.05) is 31.2 Å². The minimum atomic E-state index is -0.210. The molecule has 2 rings (SSSR count). The molecule has 0 unspecified atom stereocenters. The summed E-state index contributed by atoms with van der Waals surface area (Å²) in [5.41, 5.74) is 4.11. The van der Waals surface area contributed by atoms with Crippen LogP contribution in [0.1, 0.15) is 11.1 Å². The largest absolute Gasteiger partial charge is 0.396 e. The van der Waals surface area contributed by atoms with Crippen LogP contribution in [0, 0.1) is 12.7 Å². The molecule has 0 atom stereocenters. The van der Waals surface area contributed by atoms with Crippen molar-refractivity contribution >= 4 is 0 Å². The van der Waals surface area contributed by atoms with Crippen molar-refractivity contribution in [3.63, 3.8) is 0 Å². The summed E-state index contributed by atoms with van der Waals surface area (Å²) in [6.07, 6.45) is 0.647. The summed E-state index contributed by atoms with van der Waals surface area (Å²) in [4.78, 5) is 0. The molecule has 0 heterocycles. The molecule has 17 heavy (non-hydrogen) atoms. The van der Waals surface area contributed by atoms with Gasteiger partial charge in [-0.15, -0.1) is 0 Å². The van der Waals surface area contributed by atoms with Crippen molar-refractivity contribution in [3.05, 3.63) is 59.4 Å². The van der Waals surface area contributed by atoms with Crippen molar-refractivity contribution in [2.75, 3.05) is 6.61 Å². The fourth-order valence-electron chi connectivity index (χ4n) is 1.97. The highest BCUT2D eigenvalue weighted by molar-refractivity contribution is 5.67. The van der Waals surface area contributed by atoms with E-state index < -0.39 is 0 Å². The fraction of sp³-hybridized carbons (Fsp3) is 0.200. The first kappa shape index (κ1) is 11.8. The quantitative estimate of drug-likeness (QED) is 0.857. The lowest BCUT2D eigenvalue weighted by molar-refractivity contribution is 0.299. The topological polar surface area (TPSA) is 20.2 Å². The van der Waals surface area contributed by atoms with E-state index in [2.05, 4.69) is 0 Å². The zero-order valence-corrected chi connectivity index (χ0v) is 9.78. The highest BCUT2D eigenvalue weighted by Gasteiger charge is 2.03. The van der Waals surface area contributed by atoms with Gasteiger partial charge in [0.2, 0.25) is 0 Å². The van der Waals surface area contributed by atoms with Crippen LogP contribution in [0.25, 0.3) is 11.1 Å². The maximum Gasteiger partial charge on any atom is 0.123 e. The molecule has 1 nitrogen and oxygen atoms in total. The molecule has 0 saturated heterocycles. The van der Waals surface area contributed by atoms with Gasteiger partial charge in [0, 0.05) is 6.61 Å². The maximum absolute atomic E-state index is 13.0. The Labute approximate surface area is 101 Å². The van der Waals surface area contributed by atoms with Crippen molar-refractivity contribution in [3.8, 4) is 11.1 Å². The second kappa shape index (κ2) is 5.11. The maximum atomic E-state index is 13.0. The zero-order valence-electron chi connectivity index (χ0n) is 9.78. The predicted molar refractivity (Wildman–Crippen MR) is 67.4 cm³/mol. The summed E-state index contributed by atoms with van der Waals surface area (Å²) < 4.78 is 13.0. The van der Waals surface area contributed by atoms with E-state index in [4.69, 9.17) is 5.11 Å². The van der Waals surface area contributed by atoms with E-state index in [0.29, 0.717) is 6.42 Å². The van der Waals surface area contributed by atoms with Crippen molar-refractivity contribution in [1.29, 1.82) is 0 Å². The number of hydrogen-bond donors (Lipinski definition) is 1. The number of hydrogen-bond acceptors (Lipinski definition) is 1. The molecule has 2 heteroatoms. The van der Waals surface area contributed by atoms with Crippen LogP contribution >= 0.6 is 0 Å². The van der Waals surface area contributed by atoms with Crippen LogP contribution in [0.4, 0.5) is 4.39 Å². The van der Waals surface area contributed by atoms with Gasteiger partial charge < -0.3 is 5.11 Å². The monoisotopic (exact) mass is 230 g/mol. The highest BCUT2D eigenvalue weighted by Crippen LogP contribution is 2.24. The lowest BCUT2D eigenvalue weighted by Crippen LogP contribution is -1.91. The summed E-state index contributed by atoms with van der Waals surface area (Å²) in [6.45, 7) is 2.04. The minimum Gasteiger partial charge on any atom is -0.396 e. The van der Waals surface area contributed by atoms with Crippen LogP contribution in [0.3, 0.4) is 0 Å². The number of aliphatic hydroxyl groups is 1. The number of rotatable bonds is 3. The molecule has 88 valence electrons. The summed E-state index contributed by atoms with van der Waals surface area (Å²) in [5, 5.41) is 8.92. The Kier molecular flexibility index (Phi) is 3.55. The average Bonchev–Trinajstić information content (AvgIpc) is 2.29. The zero-order chi connectivity index (χ0) is 12.3. The third kappa shape index (κ3) is 2.71. The van der Waals surface area contributed by atoms with Gasteiger partial charge in [-0.3, -0.25) is 0 Å². The molecule has 0 aliphatic heterocycles. The standard InChI is InChI=1S/C15H15FO/c1-11-9-14(16)5-6-15(11)13-4-2-3-12(10-13)7-8-17/h2-6,9-10,17H,7-8H2,1H3. The first-order valence-corrected chi connectivity index (χ1v) is 5.67. The van der Waals surface area contributed by atoms with Gasteiger partial charge in [0.1, 0.15) is 5.82 Å². The van der Waals surface area contributed by atoms with E-state index in [1.165, 1.54) is 12.1 Å². The second-order valence-corrected chi connectivity index (χ2v) is 4.13. The van der Waals surface area contributed by atoms with Crippen LogP contribution in [-0.2, 0) is 6.42 Å². The Hall–Kier alpha value is -1.67. The highest BCUT2D eigenvalue weighted by atomic mass is 19.1. The van der Waals surface area contributed by atoms with E-state index in [9.17, 15) is 4.39 Å². The SMILES string of the molecule is Cc1cc(F)ccc1-c1cccc(CCO)c1. The van der Waals surface area contributed by atoms with Gasteiger partial charge in [0.25, 0.3) is 0 Å². The summed E-state index contributed by atoms with van der Waals surface area (Å²) >= 11 is 0. The Bertz CT molecular complexity index is 520. The average molecular weight is 230 g/mol. The first-order chi connectivity index (χ1) is 8.20. The first-order valence-electron chi connectivity index (χ1n) is 5.67. The van der Waals surface area contributed by atoms with Crippen molar-refractivity contribution in [2.45, 2.75) is 13.3 Å². The predicted octanol–water partition coefficient (Wildman–Crippen LogP) is 3.34. The number of aliphatic hydroxyl groups excluding tert-OH is 1. The Morgan fingerprint density at radius 1 is 1.12 bits per heavy atom. The molecule has 0 bridgehead atoms. The lowest BCUT2D eigenvalue weighted by Gasteiger charge is -2.08. The van der Waals surface area contributed by atoms with Crippen LogP contribution in [0.15, 0.2) is 42.5 Å². The molecule has 0 aromatic heterocycles. The molecule has 2 aromatic carbocycles. The number of halogens is 1. The van der Waals surface area contributed by atoms with Gasteiger partial charge in [-0.05, 0) is 47.7 Å². The van der Waals surface area contributed by atoms with Crippen LogP contribution in [0.2, 0.25) is 0 Å². The molecular formula is C15H15FO. The smallest absolute Gasteiger partial charge is 0.123 e. The van der Waals surface area contributed by atoms with Gasteiger partial charge >= 0.3 is 0 Å². The summed E-state index contributed by atoms with van der Waals surface area (Å²) in [5.74, 6) is -0.210. The van der Waals surface area contributed by atoms with Gasteiger partial charge in [0.05, 0.1) is 0 Å². The molecule has 2 aromatic rings. The normalized spacial score (nSPS) is 10.5. The van der Waals surface area contributed by atoms with Crippen molar-refractivity contribution in [2.24, 2.45) is 0 Å². The molecule has 0 fully saturated rings. The van der Waals surface area contributed by atoms with Gasteiger partial charge in [-0.2, -0.15) is 0 Å². The molecule has 0 radical (unpaired) electrons. The Balaban J connectivity index is 2.42. The molecular weight excluding hydrogens is 215 g/mol. The molecule has 0 aliphatic rings. The minimum absolute atomic E-state index is 0.145. The number of benzene rings is 2. The van der Waals surface area contributed by atoms with Crippen LogP contribution in [-0.4, -0.2) is 11.7 Å². The Morgan fingerprint density at radius 2 is 1.94 bits per heavy atom. The lowest BCUT2D eigenvalue weighted by atomic mass is 9.98. The van der Waals surface area contributed by atoms with Gasteiger partial charge in [-0.25, -0.2) is 4.39 Å². The van der Waals surface area contributed by atoms with Gasteiger partial charge in [0.15, 0.2) is 0 Å². The van der Waals surface area contributed by atoms with Crippen LogP contribution < -0.4 is 0 Å². The van der Waals surface area contributed by atoms with E-state index >= 15 is 0 Å². The van der Waals surface area contributed by atoms with E-state index in [0.717, 1.165) is 22.3 Å². The molecule has 0 amide bonds. The molecule has 0 saturated carbocycles. The Morgan fingerprint density at radius 3 is 2.65 bits per heavy atom.